The Hall–Kier alpha value is -2.89. The van der Waals surface area contributed by atoms with Gasteiger partial charge in [0.25, 0.3) is 5.91 Å². The lowest BCUT2D eigenvalue weighted by Crippen LogP contribution is -2.28. The van der Waals surface area contributed by atoms with E-state index in [0.717, 1.165) is 11.3 Å². The summed E-state index contributed by atoms with van der Waals surface area (Å²) in [5.74, 6) is -0.172. The molecule has 3 aromatic rings. The summed E-state index contributed by atoms with van der Waals surface area (Å²) in [5, 5.41) is 10.2. The fourth-order valence-electron chi connectivity index (χ4n) is 2.71. The number of benzene rings is 3. The van der Waals surface area contributed by atoms with Crippen molar-refractivity contribution in [2.75, 3.05) is 10.6 Å². The average molecular weight is 410 g/mol. The maximum absolute atomic E-state index is 12.8. The monoisotopic (exact) mass is 409 g/mol. The molecule has 0 saturated heterocycles. The Morgan fingerprint density at radius 1 is 0.893 bits per heavy atom. The zero-order chi connectivity index (χ0) is 19.9. The predicted octanol–water partition coefficient (Wildman–Crippen LogP) is 5.64. The molecule has 0 heterocycles. The third-order valence-corrected chi connectivity index (χ3v) is 4.63. The van der Waals surface area contributed by atoms with E-state index in [1.54, 1.807) is 18.2 Å². The van der Waals surface area contributed by atoms with E-state index in [0.29, 0.717) is 21.4 Å². The first-order valence-electron chi connectivity index (χ1n) is 8.81. The van der Waals surface area contributed by atoms with Gasteiger partial charge >= 0.3 is 0 Å². The topological polar surface area (TPSA) is 53.2 Å². The van der Waals surface area contributed by atoms with Crippen LogP contribution in [0.4, 0.5) is 11.4 Å². The van der Waals surface area contributed by atoms with Gasteiger partial charge in [-0.25, -0.2) is 0 Å². The van der Waals surface area contributed by atoms with Crippen LogP contribution in [0.2, 0.25) is 5.02 Å². The first-order chi connectivity index (χ1) is 13.5. The molecular weight excluding hydrogens is 390 g/mol. The quantitative estimate of drug-likeness (QED) is 0.477. The van der Waals surface area contributed by atoms with Crippen molar-refractivity contribution >= 4 is 46.2 Å². The minimum atomic E-state index is -0.172. The molecule has 3 aromatic carbocycles. The Balaban J connectivity index is 1.69. The lowest BCUT2D eigenvalue weighted by molar-refractivity contribution is 0.0941. The Morgan fingerprint density at radius 2 is 1.54 bits per heavy atom. The molecule has 0 aliphatic heterocycles. The van der Waals surface area contributed by atoms with Crippen molar-refractivity contribution in [3.63, 3.8) is 0 Å². The molecule has 0 spiro atoms. The van der Waals surface area contributed by atoms with Crippen molar-refractivity contribution in [3.8, 4) is 0 Å². The van der Waals surface area contributed by atoms with Crippen LogP contribution in [-0.4, -0.2) is 11.0 Å². The summed E-state index contributed by atoms with van der Waals surface area (Å²) in [6.07, 6.45) is 0. The highest BCUT2D eigenvalue weighted by Crippen LogP contribution is 2.19. The number of nitrogens with one attached hydrogen (secondary N) is 3. The number of amides is 1. The Morgan fingerprint density at radius 3 is 2.25 bits per heavy atom. The molecule has 28 heavy (non-hydrogen) atoms. The average Bonchev–Trinajstić information content (AvgIpc) is 2.70. The van der Waals surface area contributed by atoms with Crippen LogP contribution in [0.5, 0.6) is 0 Å². The molecule has 0 bridgehead atoms. The fraction of sp³-hybridized carbons (Fsp3) is 0.0909. The zero-order valence-electron chi connectivity index (χ0n) is 15.3. The minimum absolute atomic E-state index is 0.110. The van der Waals surface area contributed by atoms with Crippen LogP contribution >= 0.6 is 23.8 Å². The lowest BCUT2D eigenvalue weighted by atomic mass is 10.1. The summed E-state index contributed by atoms with van der Waals surface area (Å²) in [5.41, 5.74) is 3.00. The van der Waals surface area contributed by atoms with Gasteiger partial charge in [0.2, 0.25) is 0 Å². The van der Waals surface area contributed by atoms with Crippen LogP contribution in [0.1, 0.15) is 28.9 Å². The minimum Gasteiger partial charge on any atom is -0.345 e. The van der Waals surface area contributed by atoms with Gasteiger partial charge in [-0.15, -0.1) is 0 Å². The third kappa shape index (κ3) is 5.31. The molecule has 142 valence electrons. The van der Waals surface area contributed by atoms with E-state index in [1.165, 1.54) is 0 Å². The summed E-state index contributed by atoms with van der Waals surface area (Å²) < 4.78 is 0. The summed E-state index contributed by atoms with van der Waals surface area (Å²) in [6.45, 7) is 1.95. The lowest BCUT2D eigenvalue weighted by Gasteiger charge is -2.17. The van der Waals surface area contributed by atoms with Gasteiger partial charge in [0.1, 0.15) is 0 Å². The van der Waals surface area contributed by atoms with E-state index in [-0.39, 0.29) is 11.9 Å². The van der Waals surface area contributed by atoms with Crippen LogP contribution in [0.15, 0.2) is 78.9 Å². The summed E-state index contributed by atoms with van der Waals surface area (Å²) >= 11 is 11.3. The summed E-state index contributed by atoms with van der Waals surface area (Å²) in [7, 11) is 0. The highest BCUT2D eigenvalue weighted by Gasteiger charge is 2.15. The molecule has 3 rings (SSSR count). The van der Waals surface area contributed by atoms with Crippen molar-refractivity contribution in [2.45, 2.75) is 13.0 Å². The first kappa shape index (κ1) is 19.9. The number of carbonyl (C=O) groups is 1. The van der Waals surface area contributed by atoms with Gasteiger partial charge in [-0.2, -0.15) is 0 Å². The Labute approximate surface area is 174 Å². The van der Waals surface area contributed by atoms with Crippen molar-refractivity contribution in [2.24, 2.45) is 0 Å². The standard InChI is InChI=1S/C22H20ClN3OS/c1-15(16-7-3-2-4-8-16)24-21(27)19-9-5-6-10-20(19)26-22(28)25-18-13-11-17(23)12-14-18/h2-15H,1H3,(H,24,27)(H2,25,26,28)/t15-/m0/s1. The molecule has 0 unspecified atom stereocenters. The van der Waals surface area contributed by atoms with E-state index < -0.39 is 0 Å². The second-order valence-corrected chi connectivity index (χ2v) is 7.08. The second kappa shape index (κ2) is 9.35. The van der Waals surface area contributed by atoms with Gasteiger partial charge in [0.05, 0.1) is 17.3 Å². The van der Waals surface area contributed by atoms with Crippen LogP contribution in [-0.2, 0) is 0 Å². The molecule has 0 radical (unpaired) electrons. The van der Waals surface area contributed by atoms with E-state index in [4.69, 9.17) is 23.8 Å². The molecule has 4 nitrogen and oxygen atoms in total. The molecule has 0 fully saturated rings. The van der Waals surface area contributed by atoms with E-state index >= 15 is 0 Å². The highest BCUT2D eigenvalue weighted by molar-refractivity contribution is 7.80. The molecule has 0 aromatic heterocycles. The van der Waals surface area contributed by atoms with E-state index in [2.05, 4.69) is 16.0 Å². The van der Waals surface area contributed by atoms with Crippen LogP contribution in [0, 0.1) is 0 Å². The third-order valence-electron chi connectivity index (χ3n) is 4.17. The van der Waals surface area contributed by atoms with Gasteiger partial charge in [-0.3, -0.25) is 4.79 Å². The number of anilines is 2. The van der Waals surface area contributed by atoms with Gasteiger partial charge in [-0.1, -0.05) is 54.1 Å². The molecule has 0 aliphatic carbocycles. The Kier molecular flexibility index (Phi) is 6.63. The largest absolute Gasteiger partial charge is 0.345 e. The van der Waals surface area contributed by atoms with Gasteiger partial charge in [0.15, 0.2) is 5.11 Å². The maximum atomic E-state index is 12.8. The number of para-hydroxylation sites is 1. The van der Waals surface area contributed by atoms with Gasteiger partial charge < -0.3 is 16.0 Å². The first-order valence-corrected chi connectivity index (χ1v) is 9.60. The number of rotatable bonds is 5. The normalized spacial score (nSPS) is 11.4. The molecular formula is C22H20ClN3OS. The second-order valence-electron chi connectivity index (χ2n) is 6.24. The van der Waals surface area contributed by atoms with Gasteiger partial charge in [0, 0.05) is 10.7 Å². The van der Waals surface area contributed by atoms with Crippen LogP contribution in [0.25, 0.3) is 0 Å². The molecule has 0 aliphatic rings. The zero-order valence-corrected chi connectivity index (χ0v) is 16.8. The molecule has 0 saturated carbocycles. The molecule has 6 heteroatoms. The van der Waals surface area contributed by atoms with Gasteiger partial charge in [-0.05, 0) is 61.1 Å². The Bertz CT molecular complexity index is 961. The van der Waals surface area contributed by atoms with Crippen molar-refractivity contribution < 1.29 is 4.79 Å². The fourth-order valence-corrected chi connectivity index (χ4v) is 3.06. The van der Waals surface area contributed by atoms with Crippen molar-refractivity contribution in [1.82, 2.24) is 5.32 Å². The number of hydrogen-bond donors (Lipinski definition) is 3. The molecule has 1 atom stereocenters. The predicted molar refractivity (Wildman–Crippen MR) is 120 cm³/mol. The summed E-state index contributed by atoms with van der Waals surface area (Å²) in [6, 6.07) is 24.2. The summed E-state index contributed by atoms with van der Waals surface area (Å²) in [4.78, 5) is 12.8. The van der Waals surface area contributed by atoms with E-state index in [9.17, 15) is 4.79 Å². The molecule has 3 N–H and O–H groups in total. The highest BCUT2D eigenvalue weighted by atomic mass is 35.5. The smallest absolute Gasteiger partial charge is 0.253 e. The molecule has 1 amide bonds. The van der Waals surface area contributed by atoms with Crippen molar-refractivity contribution in [1.29, 1.82) is 0 Å². The maximum Gasteiger partial charge on any atom is 0.253 e. The number of thiocarbonyl (C=S) groups is 1. The van der Waals surface area contributed by atoms with Crippen molar-refractivity contribution in [3.05, 3.63) is 95.0 Å². The number of halogens is 1. The van der Waals surface area contributed by atoms with Crippen LogP contribution < -0.4 is 16.0 Å². The number of hydrogen-bond acceptors (Lipinski definition) is 2. The SMILES string of the molecule is C[C@H](NC(=O)c1ccccc1NC(=S)Nc1ccc(Cl)cc1)c1ccccc1. The van der Waals surface area contributed by atoms with Crippen LogP contribution in [0.3, 0.4) is 0 Å². The number of carbonyl (C=O) groups excluding carboxylic acids is 1. The van der Waals surface area contributed by atoms with E-state index in [1.807, 2.05) is 67.6 Å².